The number of amides is 3. The summed E-state index contributed by atoms with van der Waals surface area (Å²) in [5.74, 6) is -0.827. The van der Waals surface area contributed by atoms with Crippen LogP contribution in [0.3, 0.4) is 0 Å². The van der Waals surface area contributed by atoms with Crippen LogP contribution in [0.4, 0.5) is 5.69 Å². The van der Waals surface area contributed by atoms with Crippen LogP contribution in [-0.4, -0.2) is 30.3 Å². The van der Waals surface area contributed by atoms with Gasteiger partial charge in [-0.2, -0.15) is 0 Å². The van der Waals surface area contributed by atoms with Gasteiger partial charge >= 0.3 is 0 Å². The number of aryl methyl sites for hydroxylation is 2. The Morgan fingerprint density at radius 1 is 1.00 bits per heavy atom. The van der Waals surface area contributed by atoms with Crippen molar-refractivity contribution in [2.24, 2.45) is 0 Å². The van der Waals surface area contributed by atoms with Crippen LogP contribution in [0, 0.1) is 13.8 Å². The number of furan rings is 2. The molecule has 0 bridgehead atoms. The predicted octanol–water partition coefficient (Wildman–Crippen LogP) is 4.05. The standard InChI is InChI=1S/C26H29N3O5/c1-17-11-12-20(15-18(17)2)29(23(30)16-27-25(31)22-10-6-14-34-22)24(21-9-5-13-33-21)26(32)28-19-7-3-4-8-19/h5-6,9-15,19,24H,3-4,7-8,16H2,1-2H3,(H,27,31)(H,28,32)/t24-/m1/s1. The van der Waals surface area contributed by atoms with Gasteiger partial charge in [0, 0.05) is 11.7 Å². The van der Waals surface area contributed by atoms with E-state index in [1.54, 1.807) is 24.3 Å². The van der Waals surface area contributed by atoms with Crippen LogP contribution in [0.5, 0.6) is 0 Å². The first kappa shape index (κ1) is 23.4. The molecule has 34 heavy (non-hydrogen) atoms. The zero-order valence-corrected chi connectivity index (χ0v) is 19.4. The van der Waals surface area contributed by atoms with Gasteiger partial charge in [0.05, 0.1) is 19.1 Å². The van der Waals surface area contributed by atoms with Crippen LogP contribution in [-0.2, 0) is 9.59 Å². The van der Waals surface area contributed by atoms with Gasteiger partial charge in [0.25, 0.3) is 11.8 Å². The maximum atomic E-state index is 13.6. The van der Waals surface area contributed by atoms with Crippen molar-refractivity contribution in [2.45, 2.75) is 51.6 Å². The van der Waals surface area contributed by atoms with E-state index >= 15 is 0 Å². The first-order valence-electron chi connectivity index (χ1n) is 11.5. The minimum atomic E-state index is -1.02. The highest BCUT2D eigenvalue weighted by molar-refractivity contribution is 6.04. The molecule has 8 nitrogen and oxygen atoms in total. The normalized spacial score (nSPS) is 14.5. The summed E-state index contributed by atoms with van der Waals surface area (Å²) < 4.78 is 10.7. The minimum Gasteiger partial charge on any atom is -0.467 e. The Morgan fingerprint density at radius 3 is 2.38 bits per heavy atom. The topological polar surface area (TPSA) is 105 Å². The number of rotatable bonds is 8. The summed E-state index contributed by atoms with van der Waals surface area (Å²) in [5.41, 5.74) is 2.58. The number of hydrogen-bond donors (Lipinski definition) is 2. The summed E-state index contributed by atoms with van der Waals surface area (Å²) in [7, 11) is 0. The Balaban J connectivity index is 1.66. The van der Waals surface area contributed by atoms with E-state index in [0.717, 1.165) is 36.8 Å². The zero-order chi connectivity index (χ0) is 24.1. The molecule has 1 aromatic carbocycles. The molecule has 0 spiro atoms. The van der Waals surface area contributed by atoms with Gasteiger partial charge in [0.15, 0.2) is 11.8 Å². The van der Waals surface area contributed by atoms with Crippen molar-refractivity contribution in [3.8, 4) is 0 Å². The first-order chi connectivity index (χ1) is 16.4. The van der Waals surface area contributed by atoms with Crippen LogP contribution in [0.1, 0.15) is 59.2 Å². The Labute approximate surface area is 198 Å². The van der Waals surface area contributed by atoms with Gasteiger partial charge in [-0.1, -0.05) is 18.9 Å². The fraction of sp³-hybridized carbons (Fsp3) is 0.346. The third-order valence-electron chi connectivity index (χ3n) is 6.20. The van der Waals surface area contributed by atoms with Crippen molar-refractivity contribution in [1.29, 1.82) is 0 Å². The Morgan fingerprint density at radius 2 is 1.74 bits per heavy atom. The lowest BCUT2D eigenvalue weighted by Crippen LogP contribution is -2.49. The van der Waals surface area contributed by atoms with Crippen LogP contribution in [0.15, 0.2) is 63.8 Å². The van der Waals surface area contributed by atoms with E-state index in [1.807, 2.05) is 26.0 Å². The summed E-state index contributed by atoms with van der Waals surface area (Å²) in [4.78, 5) is 40.8. The summed E-state index contributed by atoms with van der Waals surface area (Å²) in [6, 6.07) is 11.1. The van der Waals surface area contributed by atoms with E-state index in [9.17, 15) is 14.4 Å². The summed E-state index contributed by atoms with van der Waals surface area (Å²) in [6.07, 6.45) is 6.82. The first-order valence-corrected chi connectivity index (χ1v) is 11.5. The third-order valence-corrected chi connectivity index (χ3v) is 6.20. The number of benzene rings is 1. The highest BCUT2D eigenvalue weighted by Gasteiger charge is 2.36. The molecule has 2 N–H and O–H groups in total. The van der Waals surface area contributed by atoms with Gasteiger partial charge in [-0.3, -0.25) is 19.3 Å². The molecule has 0 unspecified atom stereocenters. The third kappa shape index (κ3) is 5.22. The maximum Gasteiger partial charge on any atom is 0.287 e. The van der Waals surface area contributed by atoms with E-state index in [-0.39, 0.29) is 24.3 Å². The second-order valence-electron chi connectivity index (χ2n) is 8.60. The van der Waals surface area contributed by atoms with E-state index in [1.165, 1.54) is 23.5 Å². The van der Waals surface area contributed by atoms with Gasteiger partial charge < -0.3 is 19.5 Å². The molecule has 178 valence electrons. The molecule has 3 aromatic rings. The lowest BCUT2D eigenvalue weighted by atomic mass is 10.1. The zero-order valence-electron chi connectivity index (χ0n) is 19.4. The van der Waals surface area contributed by atoms with E-state index < -0.39 is 17.9 Å². The molecule has 1 aliphatic carbocycles. The summed E-state index contributed by atoms with van der Waals surface area (Å²) >= 11 is 0. The molecule has 2 aromatic heterocycles. The van der Waals surface area contributed by atoms with Gasteiger partial charge in [-0.05, 0) is 74.2 Å². The molecule has 8 heteroatoms. The minimum absolute atomic E-state index is 0.0697. The lowest BCUT2D eigenvalue weighted by molar-refractivity contribution is -0.127. The van der Waals surface area contributed by atoms with Crippen LogP contribution in [0.25, 0.3) is 0 Å². The number of hydrogen-bond acceptors (Lipinski definition) is 5. The fourth-order valence-electron chi connectivity index (χ4n) is 4.22. The van der Waals surface area contributed by atoms with Gasteiger partial charge in [-0.25, -0.2) is 0 Å². The molecule has 0 radical (unpaired) electrons. The number of anilines is 1. The van der Waals surface area contributed by atoms with E-state index in [2.05, 4.69) is 10.6 Å². The predicted molar refractivity (Wildman–Crippen MR) is 126 cm³/mol. The second-order valence-corrected chi connectivity index (χ2v) is 8.60. The van der Waals surface area contributed by atoms with Crippen LogP contribution >= 0.6 is 0 Å². The van der Waals surface area contributed by atoms with Crippen molar-refractivity contribution in [3.63, 3.8) is 0 Å². The molecule has 4 rings (SSSR count). The largest absolute Gasteiger partial charge is 0.467 e. The highest BCUT2D eigenvalue weighted by atomic mass is 16.3. The van der Waals surface area contributed by atoms with Gasteiger partial charge in [0.2, 0.25) is 5.91 Å². The maximum absolute atomic E-state index is 13.6. The van der Waals surface area contributed by atoms with E-state index in [4.69, 9.17) is 8.83 Å². The molecule has 1 aliphatic rings. The molecule has 0 saturated heterocycles. The van der Waals surface area contributed by atoms with Gasteiger partial charge in [-0.15, -0.1) is 0 Å². The number of nitrogens with zero attached hydrogens (tertiary/aromatic N) is 1. The summed E-state index contributed by atoms with van der Waals surface area (Å²) in [6.45, 7) is 3.60. The number of nitrogens with one attached hydrogen (secondary N) is 2. The highest BCUT2D eigenvalue weighted by Crippen LogP contribution is 2.30. The van der Waals surface area contributed by atoms with Crippen molar-refractivity contribution >= 4 is 23.4 Å². The molecule has 0 aliphatic heterocycles. The van der Waals surface area contributed by atoms with Crippen molar-refractivity contribution < 1.29 is 23.2 Å². The Hall–Kier alpha value is -3.81. The molecular formula is C26H29N3O5. The monoisotopic (exact) mass is 463 g/mol. The smallest absolute Gasteiger partial charge is 0.287 e. The van der Waals surface area contributed by atoms with Crippen molar-refractivity contribution in [2.75, 3.05) is 11.4 Å². The van der Waals surface area contributed by atoms with E-state index in [0.29, 0.717) is 11.4 Å². The second kappa shape index (κ2) is 10.4. The molecule has 3 amide bonds. The Kier molecular flexibility index (Phi) is 7.15. The Bertz CT molecular complexity index is 1130. The SMILES string of the molecule is Cc1ccc(N(C(=O)CNC(=O)c2ccco2)[C@@H](C(=O)NC2CCCC2)c2ccco2)cc1C. The molecule has 2 heterocycles. The molecule has 1 saturated carbocycles. The lowest BCUT2D eigenvalue weighted by Gasteiger charge is -2.31. The van der Waals surface area contributed by atoms with Gasteiger partial charge in [0.1, 0.15) is 5.76 Å². The number of carbonyl (C=O) groups is 3. The average Bonchev–Trinajstić information content (AvgIpc) is 3.61. The fourth-order valence-corrected chi connectivity index (χ4v) is 4.22. The molecular weight excluding hydrogens is 434 g/mol. The van der Waals surface area contributed by atoms with Crippen molar-refractivity contribution in [3.05, 3.63) is 77.6 Å². The average molecular weight is 464 g/mol. The van der Waals surface area contributed by atoms with Crippen LogP contribution < -0.4 is 15.5 Å². The quantitative estimate of drug-likeness (QED) is 0.524. The van der Waals surface area contributed by atoms with Crippen LogP contribution in [0.2, 0.25) is 0 Å². The van der Waals surface area contributed by atoms with Crippen molar-refractivity contribution in [1.82, 2.24) is 10.6 Å². The number of carbonyl (C=O) groups excluding carboxylic acids is 3. The molecule has 1 atom stereocenters. The molecule has 1 fully saturated rings. The summed E-state index contributed by atoms with van der Waals surface area (Å²) in [5, 5.41) is 5.68.